The van der Waals surface area contributed by atoms with Crippen LogP contribution in [0.5, 0.6) is 0 Å². The summed E-state index contributed by atoms with van der Waals surface area (Å²) in [4.78, 5) is 13.5. The maximum atomic E-state index is 12.0. The van der Waals surface area contributed by atoms with Gasteiger partial charge in [0.15, 0.2) is 0 Å². The molecule has 1 heterocycles. The summed E-state index contributed by atoms with van der Waals surface area (Å²) in [5, 5.41) is 17.8. The van der Waals surface area contributed by atoms with Crippen LogP contribution in [0.2, 0.25) is 0 Å². The van der Waals surface area contributed by atoms with Crippen molar-refractivity contribution in [2.45, 2.75) is 17.7 Å². The highest BCUT2D eigenvalue weighted by atomic mass is 79.9. The summed E-state index contributed by atoms with van der Waals surface area (Å²) in [7, 11) is 0. The molecule has 1 unspecified atom stereocenters. The molecular weight excluding hydrogens is 294 g/mol. The van der Waals surface area contributed by atoms with Crippen molar-refractivity contribution in [1.82, 2.24) is 0 Å². The quantitative estimate of drug-likeness (QED) is 0.748. The van der Waals surface area contributed by atoms with Crippen molar-refractivity contribution < 1.29 is 4.79 Å². The molecule has 5 heteroatoms. The molecule has 1 fully saturated rings. The van der Waals surface area contributed by atoms with Gasteiger partial charge in [0.1, 0.15) is 12.1 Å². The van der Waals surface area contributed by atoms with Crippen LogP contribution in [0.3, 0.4) is 0 Å². The summed E-state index contributed by atoms with van der Waals surface area (Å²) in [6, 6.07) is 8.83. The van der Waals surface area contributed by atoms with Gasteiger partial charge in [-0.2, -0.15) is 10.5 Å². The Morgan fingerprint density at radius 1 is 1.28 bits per heavy atom. The number of benzene rings is 1. The van der Waals surface area contributed by atoms with Gasteiger partial charge < -0.3 is 4.90 Å². The summed E-state index contributed by atoms with van der Waals surface area (Å²) in [5.41, 5.74) is 1.32. The predicted octanol–water partition coefficient (Wildman–Crippen LogP) is 2.32. The molecule has 0 aromatic heterocycles. The van der Waals surface area contributed by atoms with E-state index in [4.69, 9.17) is 10.5 Å². The van der Waals surface area contributed by atoms with Crippen LogP contribution in [0, 0.1) is 22.7 Å². The molecule has 1 aromatic rings. The van der Waals surface area contributed by atoms with Crippen LogP contribution in [0.1, 0.15) is 24.0 Å². The zero-order chi connectivity index (χ0) is 13.1. The smallest absolute Gasteiger partial charge is 0.240 e. The van der Waals surface area contributed by atoms with E-state index in [0.29, 0.717) is 23.4 Å². The van der Waals surface area contributed by atoms with Crippen LogP contribution >= 0.6 is 15.9 Å². The van der Waals surface area contributed by atoms with Crippen molar-refractivity contribution in [1.29, 1.82) is 10.5 Å². The molecule has 0 N–H and O–H groups in total. The second-order valence-electron chi connectivity index (χ2n) is 4.05. The van der Waals surface area contributed by atoms with Gasteiger partial charge in [-0.05, 0) is 31.0 Å². The number of nitrogens with zero attached hydrogens (tertiary/aromatic N) is 3. The number of alkyl halides is 1. The van der Waals surface area contributed by atoms with Crippen molar-refractivity contribution in [3.8, 4) is 12.1 Å². The Kier molecular flexibility index (Phi) is 3.64. The van der Waals surface area contributed by atoms with Crippen LogP contribution in [-0.4, -0.2) is 17.3 Å². The van der Waals surface area contributed by atoms with Crippen molar-refractivity contribution in [2.24, 2.45) is 0 Å². The van der Waals surface area contributed by atoms with E-state index in [1.165, 1.54) is 0 Å². The molecule has 0 bridgehead atoms. The van der Waals surface area contributed by atoms with Gasteiger partial charge >= 0.3 is 0 Å². The zero-order valence-corrected chi connectivity index (χ0v) is 11.1. The zero-order valence-electron chi connectivity index (χ0n) is 9.56. The lowest BCUT2D eigenvalue weighted by Crippen LogP contribution is -2.41. The SMILES string of the molecule is N#Cc1ccc(N2CCCC(Br)C2=O)cc1C#N. The maximum Gasteiger partial charge on any atom is 0.240 e. The third kappa shape index (κ3) is 2.23. The lowest BCUT2D eigenvalue weighted by atomic mass is 10.1. The van der Waals surface area contributed by atoms with Gasteiger partial charge in [0.25, 0.3) is 0 Å². The number of hydrogen-bond donors (Lipinski definition) is 0. The highest BCUT2D eigenvalue weighted by Crippen LogP contribution is 2.26. The number of amides is 1. The molecule has 1 aliphatic rings. The first-order chi connectivity index (χ1) is 8.67. The molecule has 1 atom stereocenters. The highest BCUT2D eigenvalue weighted by molar-refractivity contribution is 9.10. The molecule has 0 radical (unpaired) electrons. The minimum Gasteiger partial charge on any atom is -0.311 e. The number of rotatable bonds is 1. The standard InChI is InChI=1S/C13H10BrN3O/c14-12-2-1-5-17(13(12)18)11-4-3-9(7-15)10(6-11)8-16/h3-4,6,12H,1-2,5H2. The normalized spacial score (nSPS) is 19.2. The fourth-order valence-corrected chi connectivity index (χ4v) is 2.55. The van der Waals surface area contributed by atoms with E-state index in [0.717, 1.165) is 12.8 Å². The highest BCUT2D eigenvalue weighted by Gasteiger charge is 2.27. The molecule has 18 heavy (non-hydrogen) atoms. The van der Waals surface area contributed by atoms with E-state index in [-0.39, 0.29) is 10.7 Å². The maximum absolute atomic E-state index is 12.0. The monoisotopic (exact) mass is 303 g/mol. The average molecular weight is 304 g/mol. The van der Waals surface area contributed by atoms with Gasteiger partial charge in [-0.3, -0.25) is 4.79 Å². The first-order valence-corrected chi connectivity index (χ1v) is 6.48. The Hall–Kier alpha value is -1.85. The fourth-order valence-electron chi connectivity index (χ4n) is 1.98. The van der Waals surface area contributed by atoms with Crippen LogP contribution < -0.4 is 4.90 Å². The third-order valence-corrected chi connectivity index (χ3v) is 3.78. The summed E-state index contributed by atoms with van der Waals surface area (Å²) < 4.78 is 0. The third-order valence-electron chi connectivity index (χ3n) is 2.93. The van der Waals surface area contributed by atoms with E-state index in [1.807, 2.05) is 12.1 Å². The number of hydrogen-bond acceptors (Lipinski definition) is 3. The summed E-state index contributed by atoms with van der Waals surface area (Å²) in [5.74, 6) is 0.00912. The van der Waals surface area contributed by atoms with E-state index in [2.05, 4.69) is 15.9 Å². The van der Waals surface area contributed by atoms with Crippen LogP contribution in [0.15, 0.2) is 18.2 Å². The minimum absolute atomic E-state index is 0.00912. The average Bonchev–Trinajstić information content (AvgIpc) is 2.41. The molecule has 2 rings (SSSR count). The molecule has 90 valence electrons. The summed E-state index contributed by atoms with van der Waals surface area (Å²) in [6.07, 6.45) is 1.75. The lowest BCUT2D eigenvalue weighted by molar-refractivity contribution is -0.118. The number of carbonyl (C=O) groups excluding carboxylic acids is 1. The first kappa shape index (κ1) is 12.6. The van der Waals surface area contributed by atoms with Gasteiger partial charge in [0, 0.05) is 12.2 Å². The summed E-state index contributed by atoms with van der Waals surface area (Å²) in [6.45, 7) is 0.650. The molecule has 0 spiro atoms. The Morgan fingerprint density at radius 3 is 2.67 bits per heavy atom. The van der Waals surface area contributed by atoms with Gasteiger partial charge in [0.05, 0.1) is 16.0 Å². The Morgan fingerprint density at radius 2 is 2.00 bits per heavy atom. The van der Waals surface area contributed by atoms with Gasteiger partial charge in [-0.1, -0.05) is 15.9 Å². The molecule has 0 aliphatic carbocycles. The molecule has 1 amide bonds. The van der Waals surface area contributed by atoms with Crippen molar-refractivity contribution in [3.05, 3.63) is 29.3 Å². The lowest BCUT2D eigenvalue weighted by Gasteiger charge is -2.29. The van der Waals surface area contributed by atoms with E-state index in [1.54, 1.807) is 23.1 Å². The van der Waals surface area contributed by atoms with E-state index in [9.17, 15) is 4.79 Å². The van der Waals surface area contributed by atoms with Crippen LogP contribution in [0.4, 0.5) is 5.69 Å². The number of nitriles is 2. The van der Waals surface area contributed by atoms with Crippen molar-refractivity contribution in [3.63, 3.8) is 0 Å². The number of piperidine rings is 1. The first-order valence-electron chi connectivity index (χ1n) is 5.57. The van der Waals surface area contributed by atoms with E-state index < -0.39 is 0 Å². The Bertz CT molecular complexity index is 571. The minimum atomic E-state index is -0.160. The number of halogens is 1. The Balaban J connectivity index is 2.38. The second kappa shape index (κ2) is 5.20. The summed E-state index contributed by atoms with van der Waals surface area (Å²) >= 11 is 3.35. The predicted molar refractivity (Wildman–Crippen MR) is 70.2 cm³/mol. The number of anilines is 1. The van der Waals surface area contributed by atoms with Crippen molar-refractivity contribution >= 4 is 27.5 Å². The van der Waals surface area contributed by atoms with Gasteiger partial charge in [0.2, 0.25) is 5.91 Å². The largest absolute Gasteiger partial charge is 0.311 e. The molecule has 1 aliphatic heterocycles. The molecule has 0 saturated carbocycles. The van der Waals surface area contributed by atoms with Crippen LogP contribution in [-0.2, 0) is 4.79 Å². The van der Waals surface area contributed by atoms with Gasteiger partial charge in [-0.25, -0.2) is 0 Å². The second-order valence-corrected chi connectivity index (χ2v) is 5.16. The van der Waals surface area contributed by atoms with Gasteiger partial charge in [-0.15, -0.1) is 0 Å². The molecule has 4 nitrogen and oxygen atoms in total. The molecule has 1 aromatic carbocycles. The van der Waals surface area contributed by atoms with Crippen LogP contribution in [0.25, 0.3) is 0 Å². The van der Waals surface area contributed by atoms with E-state index >= 15 is 0 Å². The van der Waals surface area contributed by atoms with Crippen molar-refractivity contribution in [2.75, 3.05) is 11.4 Å². The fraction of sp³-hybridized carbons (Fsp3) is 0.308. The molecule has 1 saturated heterocycles. The topological polar surface area (TPSA) is 67.9 Å². The Labute approximate surface area is 114 Å². The molecular formula is C13H10BrN3O. The number of carbonyl (C=O) groups is 1.